The molecule has 0 fully saturated rings. The molecule has 0 atom stereocenters. The summed E-state index contributed by atoms with van der Waals surface area (Å²) in [6.07, 6.45) is 7.44. The highest BCUT2D eigenvalue weighted by molar-refractivity contribution is 6.04. The van der Waals surface area contributed by atoms with E-state index in [-0.39, 0.29) is 5.78 Å². The first-order valence-corrected chi connectivity index (χ1v) is 4.42. The first-order valence-electron chi connectivity index (χ1n) is 4.42. The summed E-state index contributed by atoms with van der Waals surface area (Å²) >= 11 is 0. The molecule has 2 aliphatic heterocycles. The zero-order valence-electron chi connectivity index (χ0n) is 7.36. The van der Waals surface area contributed by atoms with Crippen LogP contribution in [0.1, 0.15) is 22.5 Å². The van der Waals surface area contributed by atoms with Crippen molar-refractivity contribution in [3.63, 3.8) is 0 Å². The van der Waals surface area contributed by atoms with Gasteiger partial charge < -0.3 is 4.42 Å². The van der Waals surface area contributed by atoms with Crippen molar-refractivity contribution in [1.82, 2.24) is 4.98 Å². The van der Waals surface area contributed by atoms with E-state index in [1.807, 2.05) is 12.2 Å². The van der Waals surface area contributed by atoms with Crippen molar-refractivity contribution in [3.8, 4) is 11.3 Å². The molecule has 3 aliphatic rings. The van der Waals surface area contributed by atoms with Gasteiger partial charge in [-0.05, 0) is 6.07 Å². The lowest BCUT2D eigenvalue weighted by molar-refractivity contribution is 0.0990. The van der Waals surface area contributed by atoms with Gasteiger partial charge in [-0.3, -0.25) is 4.79 Å². The quantitative estimate of drug-likeness (QED) is 0.632. The van der Waals surface area contributed by atoms with E-state index in [9.17, 15) is 4.79 Å². The average Bonchev–Trinajstić information content (AvgIpc) is 2.59. The molecule has 3 rings (SSSR count). The molecule has 0 unspecified atom stereocenters. The van der Waals surface area contributed by atoms with Gasteiger partial charge in [0.2, 0.25) is 0 Å². The van der Waals surface area contributed by atoms with Crippen LogP contribution in [0, 0.1) is 0 Å². The molecule has 0 N–H and O–H groups in total. The molecule has 3 nitrogen and oxygen atoms in total. The van der Waals surface area contributed by atoms with Crippen molar-refractivity contribution >= 4 is 11.9 Å². The molecule has 3 heteroatoms. The van der Waals surface area contributed by atoms with Gasteiger partial charge in [0.05, 0.1) is 12.0 Å². The summed E-state index contributed by atoms with van der Waals surface area (Å²) in [5.41, 5.74) is 3.19. The minimum Gasteiger partial charge on any atom is -0.472 e. The van der Waals surface area contributed by atoms with Crippen LogP contribution in [0.2, 0.25) is 0 Å². The van der Waals surface area contributed by atoms with E-state index in [1.54, 1.807) is 18.6 Å². The van der Waals surface area contributed by atoms with Crippen LogP contribution in [-0.2, 0) is 0 Å². The van der Waals surface area contributed by atoms with E-state index in [0.717, 1.165) is 16.8 Å². The number of rotatable bonds is 0. The van der Waals surface area contributed by atoms with E-state index >= 15 is 0 Å². The van der Waals surface area contributed by atoms with Crippen LogP contribution in [0.5, 0.6) is 0 Å². The number of hydrogen-bond donors (Lipinski definition) is 0. The Kier molecular flexibility index (Phi) is 1.36. The highest BCUT2D eigenvalue weighted by atomic mass is 16.3. The molecule has 0 bridgehead atoms. The lowest BCUT2D eigenvalue weighted by atomic mass is 10.0. The van der Waals surface area contributed by atoms with Crippen LogP contribution in [0.25, 0.3) is 17.3 Å². The second kappa shape index (κ2) is 2.54. The Morgan fingerprint density at radius 3 is 3.29 bits per heavy atom. The third kappa shape index (κ3) is 0.865. The molecule has 68 valence electrons. The summed E-state index contributed by atoms with van der Waals surface area (Å²) < 4.78 is 5.06. The Balaban J connectivity index is 2.39. The Morgan fingerprint density at radius 1 is 1.43 bits per heavy atom. The van der Waals surface area contributed by atoms with Gasteiger partial charge in [0, 0.05) is 17.5 Å². The third-order valence-corrected chi connectivity index (χ3v) is 2.40. The first kappa shape index (κ1) is 7.50. The molecule has 0 saturated heterocycles. The minimum absolute atomic E-state index is 0.0821. The van der Waals surface area contributed by atoms with Crippen molar-refractivity contribution in [2.75, 3.05) is 0 Å². The van der Waals surface area contributed by atoms with Crippen molar-refractivity contribution < 1.29 is 9.21 Å². The number of ketones is 1. The van der Waals surface area contributed by atoms with Crippen LogP contribution < -0.4 is 0 Å². The lowest BCUT2D eigenvalue weighted by Gasteiger charge is -2.01. The van der Waals surface area contributed by atoms with Crippen molar-refractivity contribution in [2.24, 2.45) is 0 Å². The van der Waals surface area contributed by atoms with E-state index in [2.05, 4.69) is 4.98 Å². The predicted molar refractivity (Wildman–Crippen MR) is 51.1 cm³/mol. The standard InChI is InChI=1S/C11H7NO2/c13-10-3-1-2-7-8-6-14-5-4-9(8)12-11(7)10/h1-2,4-6H,3H2. The zero-order valence-corrected chi connectivity index (χ0v) is 7.36. The van der Waals surface area contributed by atoms with Crippen molar-refractivity contribution in [3.05, 3.63) is 35.9 Å². The normalized spacial score (nSPS) is 14.7. The lowest BCUT2D eigenvalue weighted by Crippen LogP contribution is -2.02. The maximum absolute atomic E-state index is 11.5. The van der Waals surface area contributed by atoms with E-state index < -0.39 is 0 Å². The Hall–Kier alpha value is -1.90. The number of hydrogen-bond acceptors (Lipinski definition) is 3. The van der Waals surface area contributed by atoms with Gasteiger partial charge >= 0.3 is 0 Å². The number of Topliss-reactive ketones (excluding diaryl/α,β-unsaturated/α-hetero) is 1. The fourth-order valence-electron chi connectivity index (χ4n) is 1.73. The van der Waals surface area contributed by atoms with Gasteiger partial charge in [-0.1, -0.05) is 12.2 Å². The fourth-order valence-corrected chi connectivity index (χ4v) is 1.73. The van der Waals surface area contributed by atoms with Gasteiger partial charge in [0.25, 0.3) is 0 Å². The van der Waals surface area contributed by atoms with Gasteiger partial charge in [-0.2, -0.15) is 0 Å². The summed E-state index contributed by atoms with van der Waals surface area (Å²) in [6.45, 7) is 0. The summed E-state index contributed by atoms with van der Waals surface area (Å²) in [5.74, 6) is 0.0821. The molecule has 14 heavy (non-hydrogen) atoms. The SMILES string of the molecule is O=C1CC=Cc2c3coccc-3nc21. The molecule has 2 heterocycles. The van der Waals surface area contributed by atoms with Gasteiger partial charge in [-0.25, -0.2) is 4.98 Å². The maximum atomic E-state index is 11.5. The molecule has 0 radical (unpaired) electrons. The molecule has 0 aromatic rings. The smallest absolute Gasteiger partial charge is 0.185 e. The van der Waals surface area contributed by atoms with Crippen molar-refractivity contribution in [1.29, 1.82) is 0 Å². The number of fused-ring (bicyclic) bond motifs is 3. The second-order valence-electron chi connectivity index (χ2n) is 3.26. The largest absolute Gasteiger partial charge is 0.472 e. The molecule has 0 aromatic heterocycles. The molecular weight excluding hydrogens is 178 g/mol. The molecule has 0 aromatic carbocycles. The zero-order chi connectivity index (χ0) is 9.54. The Bertz CT molecular complexity index is 510. The topological polar surface area (TPSA) is 43.1 Å². The van der Waals surface area contributed by atoms with Gasteiger partial charge in [0.1, 0.15) is 12.0 Å². The molecule has 0 spiro atoms. The Morgan fingerprint density at radius 2 is 2.36 bits per heavy atom. The summed E-state index contributed by atoms with van der Waals surface area (Å²) in [6, 6.07) is 1.77. The highest BCUT2D eigenvalue weighted by Crippen LogP contribution is 2.32. The highest BCUT2D eigenvalue weighted by Gasteiger charge is 2.23. The van der Waals surface area contributed by atoms with Crippen LogP contribution in [0.4, 0.5) is 0 Å². The summed E-state index contributed by atoms with van der Waals surface area (Å²) in [4.78, 5) is 15.8. The van der Waals surface area contributed by atoms with E-state index in [0.29, 0.717) is 12.1 Å². The van der Waals surface area contributed by atoms with E-state index in [1.165, 1.54) is 0 Å². The number of carbonyl (C=O) groups is 1. The first-order chi connectivity index (χ1) is 6.86. The number of nitrogens with zero attached hydrogens (tertiary/aromatic N) is 1. The maximum Gasteiger partial charge on any atom is 0.185 e. The van der Waals surface area contributed by atoms with Gasteiger partial charge in [-0.15, -0.1) is 0 Å². The monoisotopic (exact) mass is 185 g/mol. The average molecular weight is 185 g/mol. The van der Waals surface area contributed by atoms with Crippen LogP contribution >= 0.6 is 0 Å². The molecule has 0 saturated carbocycles. The Labute approximate surface area is 80.4 Å². The number of allylic oxidation sites excluding steroid dienone is 1. The van der Waals surface area contributed by atoms with Gasteiger partial charge in [0.15, 0.2) is 5.78 Å². The van der Waals surface area contributed by atoms with Crippen LogP contribution in [-0.4, -0.2) is 10.8 Å². The third-order valence-electron chi connectivity index (χ3n) is 2.40. The number of carbonyl (C=O) groups excluding carboxylic acids is 1. The van der Waals surface area contributed by atoms with Crippen molar-refractivity contribution in [2.45, 2.75) is 6.42 Å². The number of aromatic nitrogens is 1. The predicted octanol–water partition coefficient (Wildman–Crippen LogP) is 2.38. The fraction of sp³-hybridized carbons (Fsp3) is 0.0909. The minimum atomic E-state index is 0.0821. The molecular formula is C11H7NO2. The summed E-state index contributed by atoms with van der Waals surface area (Å²) in [5, 5.41) is 0. The van der Waals surface area contributed by atoms with E-state index in [4.69, 9.17) is 4.42 Å². The molecule has 1 aliphatic carbocycles. The van der Waals surface area contributed by atoms with Crippen LogP contribution in [0.3, 0.4) is 0 Å². The summed E-state index contributed by atoms with van der Waals surface area (Å²) in [7, 11) is 0. The second-order valence-corrected chi connectivity index (χ2v) is 3.26. The molecule has 0 amide bonds. The van der Waals surface area contributed by atoms with Crippen LogP contribution in [0.15, 0.2) is 29.1 Å².